The highest BCUT2D eigenvalue weighted by Gasteiger charge is 2.18. The molecule has 1 aromatic rings. The van der Waals surface area contributed by atoms with Crippen molar-refractivity contribution in [2.75, 3.05) is 0 Å². The average molecular weight is 234 g/mol. The van der Waals surface area contributed by atoms with E-state index in [-0.39, 0.29) is 11.5 Å². The van der Waals surface area contributed by atoms with E-state index >= 15 is 0 Å². The minimum absolute atomic E-state index is 0.0570. The molecule has 0 aliphatic heterocycles. The Balaban J connectivity index is 2.59. The fourth-order valence-corrected chi connectivity index (χ4v) is 1.49. The lowest BCUT2D eigenvalue weighted by Gasteiger charge is -2.14. The summed E-state index contributed by atoms with van der Waals surface area (Å²) in [6.07, 6.45) is 0. The van der Waals surface area contributed by atoms with E-state index in [4.69, 9.17) is 5.26 Å². The van der Waals surface area contributed by atoms with Crippen molar-refractivity contribution >= 4 is 0 Å². The second kappa shape index (κ2) is 5.33. The van der Waals surface area contributed by atoms with Crippen LogP contribution in [-0.2, 0) is 12.0 Å². The zero-order valence-electron chi connectivity index (χ0n) is 11.3. The fourth-order valence-electron chi connectivity index (χ4n) is 1.49. The molecule has 0 amide bonds. The Bertz CT molecular complexity index is 392. The van der Waals surface area contributed by atoms with Crippen LogP contribution in [0.4, 0.5) is 0 Å². The normalized spacial score (nSPS) is 13.7. The summed E-state index contributed by atoms with van der Waals surface area (Å²) in [6.45, 7) is 11.1. The number of nitriles is 1. The summed E-state index contributed by atoms with van der Waals surface area (Å²) in [6, 6.07) is 4.21. The number of aromatic nitrogens is 2. The van der Waals surface area contributed by atoms with Crippen molar-refractivity contribution in [3.05, 3.63) is 17.5 Å². The number of H-pyrrole nitrogens is 1. The van der Waals surface area contributed by atoms with Crippen molar-refractivity contribution in [2.24, 2.45) is 5.92 Å². The highest BCUT2D eigenvalue weighted by Crippen LogP contribution is 2.20. The molecule has 2 N–H and O–H groups in total. The molecule has 0 spiro atoms. The third kappa shape index (κ3) is 3.86. The summed E-state index contributed by atoms with van der Waals surface area (Å²) in [7, 11) is 0. The Labute approximate surface area is 103 Å². The molecule has 0 fully saturated rings. The molecule has 0 aliphatic carbocycles. The molecule has 0 saturated heterocycles. The van der Waals surface area contributed by atoms with Crippen LogP contribution in [0.3, 0.4) is 0 Å². The van der Waals surface area contributed by atoms with Crippen molar-refractivity contribution in [1.29, 1.82) is 5.26 Å². The molecule has 1 heterocycles. The van der Waals surface area contributed by atoms with Crippen LogP contribution in [-0.4, -0.2) is 16.2 Å². The number of hydrogen-bond donors (Lipinski definition) is 2. The Morgan fingerprint density at radius 1 is 1.47 bits per heavy atom. The van der Waals surface area contributed by atoms with Gasteiger partial charge in [0.15, 0.2) is 0 Å². The van der Waals surface area contributed by atoms with E-state index in [2.05, 4.69) is 48.4 Å². The molecule has 0 radical (unpaired) electrons. The predicted octanol–water partition coefficient (Wildman–Crippen LogP) is 2.34. The van der Waals surface area contributed by atoms with Crippen molar-refractivity contribution in [3.63, 3.8) is 0 Å². The Morgan fingerprint density at radius 2 is 2.12 bits per heavy atom. The molecular weight excluding hydrogens is 212 g/mol. The summed E-state index contributed by atoms with van der Waals surface area (Å²) < 4.78 is 0. The minimum atomic E-state index is -0.114. The lowest BCUT2D eigenvalue weighted by atomic mass is 9.92. The monoisotopic (exact) mass is 234 g/mol. The van der Waals surface area contributed by atoms with Gasteiger partial charge in [0, 0.05) is 17.7 Å². The SMILES string of the molecule is CC(C)C(C#N)NCc1cc(C(C)(C)C)n[nH]1. The van der Waals surface area contributed by atoms with Gasteiger partial charge in [-0.1, -0.05) is 34.6 Å². The fraction of sp³-hybridized carbons (Fsp3) is 0.692. The third-order valence-corrected chi connectivity index (χ3v) is 2.72. The van der Waals surface area contributed by atoms with E-state index in [1.807, 2.05) is 13.8 Å². The summed E-state index contributed by atoms with van der Waals surface area (Å²) >= 11 is 0. The number of nitrogens with zero attached hydrogens (tertiary/aromatic N) is 2. The largest absolute Gasteiger partial charge is 0.296 e. The van der Waals surface area contributed by atoms with Crippen molar-refractivity contribution in [2.45, 2.75) is 52.6 Å². The molecule has 0 bridgehead atoms. The van der Waals surface area contributed by atoms with Gasteiger partial charge < -0.3 is 0 Å². The van der Waals surface area contributed by atoms with Gasteiger partial charge in [-0.3, -0.25) is 10.4 Å². The summed E-state index contributed by atoms with van der Waals surface area (Å²) in [5, 5.41) is 19.5. The second-order valence-corrected chi connectivity index (χ2v) is 5.76. The Hall–Kier alpha value is -1.34. The van der Waals surface area contributed by atoms with Gasteiger partial charge in [0.1, 0.15) is 0 Å². The van der Waals surface area contributed by atoms with Crippen LogP contribution in [0.15, 0.2) is 6.07 Å². The van der Waals surface area contributed by atoms with Crippen LogP contribution >= 0.6 is 0 Å². The van der Waals surface area contributed by atoms with Gasteiger partial charge in [0.2, 0.25) is 0 Å². The third-order valence-electron chi connectivity index (χ3n) is 2.72. The van der Waals surface area contributed by atoms with Gasteiger partial charge in [0.25, 0.3) is 0 Å². The maximum Gasteiger partial charge on any atom is 0.0979 e. The minimum Gasteiger partial charge on any atom is -0.296 e. The van der Waals surface area contributed by atoms with Crippen LogP contribution in [0.2, 0.25) is 0 Å². The molecule has 1 unspecified atom stereocenters. The molecule has 94 valence electrons. The molecule has 0 saturated carbocycles. The van der Waals surface area contributed by atoms with Crippen LogP contribution in [0.25, 0.3) is 0 Å². The molecule has 17 heavy (non-hydrogen) atoms. The molecule has 1 atom stereocenters. The van der Waals surface area contributed by atoms with Gasteiger partial charge in [-0.2, -0.15) is 10.4 Å². The lowest BCUT2D eigenvalue weighted by Crippen LogP contribution is -2.31. The molecule has 1 rings (SSSR count). The topological polar surface area (TPSA) is 64.5 Å². The predicted molar refractivity (Wildman–Crippen MR) is 68.4 cm³/mol. The van der Waals surface area contributed by atoms with Crippen LogP contribution in [0.5, 0.6) is 0 Å². The average Bonchev–Trinajstić information content (AvgIpc) is 2.66. The van der Waals surface area contributed by atoms with Gasteiger partial charge in [-0.15, -0.1) is 0 Å². The van der Waals surface area contributed by atoms with E-state index in [0.717, 1.165) is 11.4 Å². The molecule has 0 aromatic carbocycles. The number of aromatic amines is 1. The van der Waals surface area contributed by atoms with Gasteiger partial charge in [0.05, 0.1) is 17.8 Å². The first kappa shape index (κ1) is 13.7. The Kier molecular flexibility index (Phi) is 4.30. The van der Waals surface area contributed by atoms with E-state index < -0.39 is 0 Å². The maximum atomic E-state index is 8.97. The number of rotatable bonds is 4. The highest BCUT2D eigenvalue weighted by atomic mass is 15.1. The first-order valence-corrected chi connectivity index (χ1v) is 6.02. The summed E-state index contributed by atoms with van der Waals surface area (Å²) in [4.78, 5) is 0. The smallest absolute Gasteiger partial charge is 0.0979 e. The second-order valence-electron chi connectivity index (χ2n) is 5.76. The van der Waals surface area contributed by atoms with Gasteiger partial charge >= 0.3 is 0 Å². The van der Waals surface area contributed by atoms with E-state index in [1.54, 1.807) is 0 Å². The first-order chi connectivity index (χ1) is 7.84. The van der Waals surface area contributed by atoms with Crippen LogP contribution in [0.1, 0.15) is 46.0 Å². The van der Waals surface area contributed by atoms with Crippen molar-refractivity contribution in [1.82, 2.24) is 15.5 Å². The molecule has 1 aromatic heterocycles. The van der Waals surface area contributed by atoms with Crippen LogP contribution < -0.4 is 5.32 Å². The quantitative estimate of drug-likeness (QED) is 0.840. The van der Waals surface area contributed by atoms with E-state index in [0.29, 0.717) is 12.5 Å². The Morgan fingerprint density at radius 3 is 2.53 bits per heavy atom. The molecular formula is C13H22N4. The van der Waals surface area contributed by atoms with Crippen molar-refractivity contribution in [3.8, 4) is 6.07 Å². The van der Waals surface area contributed by atoms with Crippen LogP contribution in [0, 0.1) is 17.2 Å². The summed E-state index contributed by atoms with van der Waals surface area (Å²) in [5.41, 5.74) is 2.13. The summed E-state index contributed by atoms with van der Waals surface area (Å²) in [5.74, 6) is 0.310. The van der Waals surface area contributed by atoms with Gasteiger partial charge in [-0.25, -0.2) is 0 Å². The molecule has 4 heteroatoms. The van der Waals surface area contributed by atoms with E-state index in [1.165, 1.54) is 0 Å². The maximum absolute atomic E-state index is 8.97. The zero-order chi connectivity index (χ0) is 13.1. The lowest BCUT2D eigenvalue weighted by molar-refractivity contribution is 0.469. The van der Waals surface area contributed by atoms with Gasteiger partial charge in [-0.05, 0) is 12.0 Å². The van der Waals surface area contributed by atoms with Crippen molar-refractivity contribution < 1.29 is 0 Å². The molecule has 4 nitrogen and oxygen atoms in total. The number of hydrogen-bond acceptors (Lipinski definition) is 3. The zero-order valence-corrected chi connectivity index (χ0v) is 11.3. The highest BCUT2D eigenvalue weighted by molar-refractivity contribution is 5.16. The first-order valence-electron chi connectivity index (χ1n) is 6.02. The number of nitrogens with one attached hydrogen (secondary N) is 2. The standard InChI is InChI=1S/C13H22N4/c1-9(2)11(7-14)15-8-10-6-12(17-16-10)13(3,4)5/h6,9,11,15H,8H2,1-5H3,(H,16,17). The molecule has 0 aliphatic rings. The van der Waals surface area contributed by atoms with E-state index in [9.17, 15) is 0 Å².